The van der Waals surface area contributed by atoms with Gasteiger partial charge in [0.1, 0.15) is 5.82 Å². The highest BCUT2D eigenvalue weighted by Gasteiger charge is 2.18. The van der Waals surface area contributed by atoms with Crippen molar-refractivity contribution in [2.24, 2.45) is 0 Å². The van der Waals surface area contributed by atoms with E-state index in [0.29, 0.717) is 36.4 Å². The number of H-pyrrole nitrogens is 2. The van der Waals surface area contributed by atoms with E-state index in [9.17, 15) is 9.59 Å². The van der Waals surface area contributed by atoms with Crippen LogP contribution < -0.4 is 11.2 Å². The van der Waals surface area contributed by atoms with Gasteiger partial charge in [-0.05, 0) is 40.3 Å². The molecule has 0 amide bonds. The van der Waals surface area contributed by atoms with Crippen LogP contribution in [0.25, 0.3) is 33.7 Å². The number of aryl methyl sites for hydroxylation is 2. The predicted octanol–water partition coefficient (Wildman–Crippen LogP) is 4.37. The Kier molecular flexibility index (Phi) is 7.36. The smallest absolute Gasteiger partial charge is 0.318 e. The summed E-state index contributed by atoms with van der Waals surface area (Å²) in [5.74, 6) is 1.33. The predicted molar refractivity (Wildman–Crippen MR) is 158 cm³/mol. The molecule has 10 heteroatoms. The summed E-state index contributed by atoms with van der Waals surface area (Å²) in [7, 11) is 0. The number of hydrogen-bond donors (Lipinski definition) is 2. The first-order chi connectivity index (χ1) is 20.1. The lowest BCUT2D eigenvalue weighted by Crippen LogP contribution is -2.36. The van der Waals surface area contributed by atoms with E-state index in [1.54, 1.807) is 0 Å². The topological polar surface area (TPSA) is 127 Å². The van der Waals surface area contributed by atoms with Crippen LogP contribution in [0.2, 0.25) is 0 Å². The molecule has 6 rings (SSSR count). The number of imidazole rings is 1. The van der Waals surface area contributed by atoms with Gasteiger partial charge in [0.15, 0.2) is 11.2 Å². The quantitative estimate of drug-likeness (QED) is 0.263. The van der Waals surface area contributed by atoms with Crippen molar-refractivity contribution >= 4 is 11.2 Å². The van der Waals surface area contributed by atoms with Gasteiger partial charge in [0.2, 0.25) is 5.82 Å². The third kappa shape index (κ3) is 5.36. The highest BCUT2D eigenvalue weighted by atomic mass is 16.2. The van der Waals surface area contributed by atoms with Gasteiger partial charge in [-0.15, -0.1) is 10.2 Å². The molecule has 0 aliphatic rings. The summed E-state index contributed by atoms with van der Waals surface area (Å²) < 4.78 is 3.25. The van der Waals surface area contributed by atoms with E-state index in [2.05, 4.69) is 56.8 Å². The van der Waals surface area contributed by atoms with Crippen LogP contribution in [0.15, 0.2) is 88.5 Å². The number of hydrogen-bond acceptors (Lipinski definition) is 6. The summed E-state index contributed by atoms with van der Waals surface area (Å²) in [5.41, 5.74) is 5.00. The van der Waals surface area contributed by atoms with E-state index < -0.39 is 5.69 Å². The van der Waals surface area contributed by atoms with Gasteiger partial charge in [-0.2, -0.15) is 5.21 Å². The first kappa shape index (κ1) is 26.1. The lowest BCUT2D eigenvalue weighted by atomic mass is 9.98. The normalized spacial score (nSPS) is 11.3. The molecule has 0 atom stereocenters. The number of benzene rings is 3. The standard InChI is InChI=1S/C31H30N8O2/c1-2-3-13-26-32-29-27(30(40)38(31(41)33-29)19-18-21-9-5-4-6-10-21)39(26)20-22-14-16-23(17-15-22)24-11-7-8-12-25(24)28-34-36-37-35-28/h4-12,14-17H,2-3,13,18-20H2,1H3,(H,33,41)(H,34,35,36,37). The fraction of sp³-hybridized carbons (Fsp3) is 0.226. The second-order valence-corrected chi connectivity index (χ2v) is 10.0. The third-order valence-corrected chi connectivity index (χ3v) is 7.30. The second kappa shape index (κ2) is 11.5. The maximum Gasteiger partial charge on any atom is 0.330 e. The molecule has 3 aromatic carbocycles. The highest BCUT2D eigenvalue weighted by Crippen LogP contribution is 2.30. The van der Waals surface area contributed by atoms with Crippen molar-refractivity contribution in [1.29, 1.82) is 0 Å². The molecule has 10 nitrogen and oxygen atoms in total. The Balaban J connectivity index is 1.35. The molecule has 2 N–H and O–H groups in total. The fourth-order valence-corrected chi connectivity index (χ4v) is 5.15. The van der Waals surface area contributed by atoms with Gasteiger partial charge in [-0.3, -0.25) is 14.3 Å². The van der Waals surface area contributed by atoms with Crippen LogP contribution in [0.5, 0.6) is 0 Å². The average molecular weight is 547 g/mol. The second-order valence-electron chi connectivity index (χ2n) is 10.0. The zero-order chi connectivity index (χ0) is 28.2. The van der Waals surface area contributed by atoms with Gasteiger partial charge in [-0.1, -0.05) is 92.2 Å². The molecule has 0 spiro atoms. The monoisotopic (exact) mass is 546 g/mol. The number of nitrogens with zero attached hydrogens (tertiary/aromatic N) is 6. The Labute approximate surface area is 235 Å². The van der Waals surface area contributed by atoms with Crippen LogP contribution in [0.3, 0.4) is 0 Å². The van der Waals surface area contributed by atoms with Crippen LogP contribution in [0.1, 0.15) is 36.7 Å². The van der Waals surface area contributed by atoms with Crippen molar-refractivity contribution in [2.75, 3.05) is 0 Å². The van der Waals surface area contributed by atoms with Gasteiger partial charge < -0.3 is 4.57 Å². The summed E-state index contributed by atoms with van der Waals surface area (Å²) in [5, 5.41) is 14.5. The molecule has 6 aromatic rings. The molecule has 41 heavy (non-hydrogen) atoms. The first-order valence-corrected chi connectivity index (χ1v) is 13.8. The molecule has 0 radical (unpaired) electrons. The Morgan fingerprint density at radius 1 is 0.805 bits per heavy atom. The minimum Gasteiger partial charge on any atom is -0.318 e. The average Bonchev–Trinajstić information content (AvgIpc) is 3.66. The van der Waals surface area contributed by atoms with Crippen LogP contribution in [0.4, 0.5) is 0 Å². The summed E-state index contributed by atoms with van der Waals surface area (Å²) in [6.07, 6.45) is 3.23. The molecule has 0 saturated heterocycles. The van der Waals surface area contributed by atoms with Crippen molar-refractivity contribution in [2.45, 2.75) is 45.7 Å². The molecule has 0 bridgehead atoms. The zero-order valence-corrected chi connectivity index (χ0v) is 22.7. The molecule has 0 saturated carbocycles. The van der Waals surface area contributed by atoms with Crippen LogP contribution in [-0.2, 0) is 25.9 Å². The Morgan fingerprint density at radius 2 is 1.56 bits per heavy atom. The number of rotatable bonds is 10. The van der Waals surface area contributed by atoms with Gasteiger partial charge in [-0.25, -0.2) is 9.78 Å². The zero-order valence-electron chi connectivity index (χ0n) is 22.7. The van der Waals surface area contributed by atoms with Crippen LogP contribution in [-0.4, -0.2) is 39.7 Å². The summed E-state index contributed by atoms with van der Waals surface area (Å²) in [4.78, 5) is 34.2. The van der Waals surface area contributed by atoms with Crippen molar-refractivity contribution in [3.63, 3.8) is 0 Å². The Hall–Kier alpha value is -5.12. The van der Waals surface area contributed by atoms with Gasteiger partial charge >= 0.3 is 5.69 Å². The molecule has 206 valence electrons. The van der Waals surface area contributed by atoms with Gasteiger partial charge in [0.05, 0.1) is 0 Å². The van der Waals surface area contributed by atoms with E-state index in [-0.39, 0.29) is 12.1 Å². The number of tetrazole rings is 1. The van der Waals surface area contributed by atoms with Crippen molar-refractivity contribution in [3.05, 3.63) is 117 Å². The molecule has 0 unspecified atom stereocenters. The van der Waals surface area contributed by atoms with Crippen molar-refractivity contribution in [3.8, 4) is 22.5 Å². The van der Waals surface area contributed by atoms with Crippen molar-refractivity contribution in [1.82, 2.24) is 39.7 Å². The maximum absolute atomic E-state index is 13.7. The molecule has 0 aliphatic heterocycles. The first-order valence-electron chi connectivity index (χ1n) is 13.8. The van der Waals surface area contributed by atoms with E-state index in [1.165, 1.54) is 4.57 Å². The minimum absolute atomic E-state index is 0.290. The van der Waals surface area contributed by atoms with Crippen LogP contribution >= 0.6 is 0 Å². The Morgan fingerprint density at radius 3 is 2.29 bits per heavy atom. The molecule has 0 aliphatic carbocycles. The van der Waals surface area contributed by atoms with Crippen molar-refractivity contribution < 1.29 is 0 Å². The summed E-state index contributed by atoms with van der Waals surface area (Å²) in [6.45, 7) is 2.87. The number of aromatic amines is 2. The van der Waals surface area contributed by atoms with E-state index in [1.807, 2.05) is 59.2 Å². The molecular formula is C31H30N8O2. The van der Waals surface area contributed by atoms with E-state index in [0.717, 1.165) is 46.5 Å². The Bertz CT molecular complexity index is 1890. The number of fused-ring (bicyclic) bond motifs is 1. The van der Waals surface area contributed by atoms with E-state index >= 15 is 0 Å². The third-order valence-electron chi connectivity index (χ3n) is 7.30. The number of unbranched alkanes of at least 4 members (excludes halogenated alkanes) is 1. The number of aromatic nitrogens is 8. The minimum atomic E-state index is -0.435. The van der Waals surface area contributed by atoms with Gasteiger partial charge in [0, 0.05) is 25.1 Å². The summed E-state index contributed by atoms with van der Waals surface area (Å²) >= 11 is 0. The summed E-state index contributed by atoms with van der Waals surface area (Å²) in [6, 6.07) is 26.0. The molecule has 3 aromatic heterocycles. The maximum atomic E-state index is 13.7. The molecular weight excluding hydrogens is 516 g/mol. The lowest BCUT2D eigenvalue weighted by molar-refractivity contribution is 0.629. The lowest BCUT2D eigenvalue weighted by Gasteiger charge is -2.12. The van der Waals surface area contributed by atoms with Crippen LogP contribution in [0, 0.1) is 0 Å². The molecule has 3 heterocycles. The fourth-order valence-electron chi connectivity index (χ4n) is 5.15. The highest BCUT2D eigenvalue weighted by molar-refractivity contribution is 5.80. The largest absolute Gasteiger partial charge is 0.330 e. The SMILES string of the molecule is CCCCc1nc2[nH]c(=O)n(CCc3ccccc3)c(=O)c2n1Cc1ccc(-c2ccccc2-c2nn[nH]n2)cc1. The van der Waals surface area contributed by atoms with E-state index in [4.69, 9.17) is 4.98 Å². The van der Waals surface area contributed by atoms with Gasteiger partial charge in [0.25, 0.3) is 5.56 Å². The molecule has 0 fully saturated rings. The number of nitrogens with one attached hydrogen (secondary N) is 2.